The van der Waals surface area contributed by atoms with E-state index >= 15 is 0 Å². The lowest BCUT2D eigenvalue weighted by molar-refractivity contribution is -0.148. The Labute approximate surface area is 136 Å². The lowest BCUT2D eigenvalue weighted by Crippen LogP contribution is -2.23. The average Bonchev–Trinajstić information content (AvgIpc) is 3.17. The predicted molar refractivity (Wildman–Crippen MR) is 85.8 cm³/mol. The molecule has 0 spiro atoms. The number of ether oxygens (including phenoxy) is 1. The van der Waals surface area contributed by atoms with Crippen LogP contribution in [0, 0.1) is 31.6 Å². The Hall–Kier alpha value is -1.85. The molecule has 1 N–H and O–H groups in total. The zero-order valence-electron chi connectivity index (χ0n) is 14.1. The van der Waals surface area contributed by atoms with Crippen LogP contribution in [0.3, 0.4) is 0 Å². The number of aryl methyl sites for hydroxylation is 2. The molecule has 6 heteroatoms. The number of hydrogen-bond donors (Lipinski definition) is 1. The average molecular weight is 319 g/mol. The highest BCUT2D eigenvalue weighted by molar-refractivity contribution is 5.93. The van der Waals surface area contributed by atoms with Crippen LogP contribution in [0.15, 0.2) is 0 Å². The maximum Gasteiger partial charge on any atom is 0.306 e. The van der Waals surface area contributed by atoms with Gasteiger partial charge in [0.1, 0.15) is 0 Å². The third kappa shape index (κ3) is 3.41. The van der Waals surface area contributed by atoms with Gasteiger partial charge in [-0.05, 0) is 50.9 Å². The van der Waals surface area contributed by atoms with E-state index in [2.05, 4.69) is 10.4 Å². The van der Waals surface area contributed by atoms with E-state index in [-0.39, 0.29) is 18.5 Å². The van der Waals surface area contributed by atoms with Gasteiger partial charge in [-0.1, -0.05) is 6.42 Å². The molecule has 3 rings (SSSR count). The molecule has 6 nitrogen and oxygen atoms in total. The summed E-state index contributed by atoms with van der Waals surface area (Å²) in [6.07, 6.45) is 5.46. The van der Waals surface area contributed by atoms with Crippen LogP contribution in [-0.2, 0) is 21.4 Å². The highest BCUT2D eigenvalue weighted by Gasteiger charge is 2.40. The summed E-state index contributed by atoms with van der Waals surface area (Å²) in [7, 11) is 1.83. The van der Waals surface area contributed by atoms with Crippen molar-refractivity contribution in [3.63, 3.8) is 0 Å². The topological polar surface area (TPSA) is 73.2 Å². The highest BCUT2D eigenvalue weighted by atomic mass is 16.5. The first-order valence-corrected chi connectivity index (χ1v) is 8.39. The number of carbonyl (C=O) groups excluding carboxylic acids is 2. The van der Waals surface area contributed by atoms with Gasteiger partial charge in [0, 0.05) is 13.5 Å². The minimum atomic E-state index is -0.314. The number of anilines is 1. The summed E-state index contributed by atoms with van der Waals surface area (Å²) >= 11 is 0. The molecule has 0 aliphatic heterocycles. The van der Waals surface area contributed by atoms with Crippen molar-refractivity contribution in [2.75, 3.05) is 11.9 Å². The Morgan fingerprint density at radius 3 is 2.65 bits per heavy atom. The van der Waals surface area contributed by atoms with Gasteiger partial charge in [0.2, 0.25) is 0 Å². The third-order valence-electron chi connectivity index (χ3n) is 5.45. The quantitative estimate of drug-likeness (QED) is 0.846. The second kappa shape index (κ2) is 6.34. The maximum atomic E-state index is 12.0. The Bertz CT molecular complexity index is 623. The maximum absolute atomic E-state index is 12.0. The van der Waals surface area contributed by atoms with E-state index in [9.17, 15) is 9.59 Å². The van der Waals surface area contributed by atoms with Gasteiger partial charge in [-0.2, -0.15) is 5.10 Å². The monoisotopic (exact) mass is 319 g/mol. The molecule has 23 heavy (non-hydrogen) atoms. The first kappa shape index (κ1) is 16.0. The summed E-state index contributed by atoms with van der Waals surface area (Å²) < 4.78 is 6.87. The fraction of sp³-hybridized carbons (Fsp3) is 0.706. The van der Waals surface area contributed by atoms with E-state index in [0.717, 1.165) is 23.7 Å². The van der Waals surface area contributed by atoms with Gasteiger partial charge in [0.05, 0.1) is 17.1 Å². The molecule has 2 bridgehead atoms. The smallest absolute Gasteiger partial charge is 0.306 e. The van der Waals surface area contributed by atoms with Gasteiger partial charge in [-0.3, -0.25) is 14.3 Å². The minimum Gasteiger partial charge on any atom is -0.456 e. The fourth-order valence-electron chi connectivity index (χ4n) is 4.18. The second-order valence-corrected chi connectivity index (χ2v) is 7.02. The Morgan fingerprint density at radius 2 is 2.09 bits per heavy atom. The zero-order valence-corrected chi connectivity index (χ0v) is 14.1. The predicted octanol–water partition coefficient (Wildman–Crippen LogP) is 2.34. The van der Waals surface area contributed by atoms with E-state index in [4.69, 9.17) is 4.74 Å². The molecule has 1 aromatic rings. The van der Waals surface area contributed by atoms with Crippen molar-refractivity contribution in [3.8, 4) is 0 Å². The van der Waals surface area contributed by atoms with Crippen LogP contribution in [0.5, 0.6) is 0 Å². The summed E-state index contributed by atoms with van der Waals surface area (Å²) in [5.74, 6) is 1.41. The summed E-state index contributed by atoms with van der Waals surface area (Å²) in [5, 5.41) is 7.02. The molecule has 0 saturated heterocycles. The molecule has 0 unspecified atom stereocenters. The summed E-state index contributed by atoms with van der Waals surface area (Å²) in [6.45, 7) is 3.49. The lowest BCUT2D eigenvalue weighted by atomic mass is 9.86. The van der Waals surface area contributed by atoms with Gasteiger partial charge in [0.15, 0.2) is 6.61 Å². The number of nitrogens with one attached hydrogen (secondary N) is 1. The number of esters is 1. The lowest BCUT2D eigenvalue weighted by Gasteiger charge is -2.20. The van der Waals surface area contributed by atoms with E-state index in [1.165, 1.54) is 19.3 Å². The summed E-state index contributed by atoms with van der Waals surface area (Å²) in [6, 6.07) is 0. The van der Waals surface area contributed by atoms with Crippen molar-refractivity contribution in [2.45, 2.75) is 46.0 Å². The first-order chi connectivity index (χ1) is 10.9. The number of nitrogens with zero attached hydrogens (tertiary/aromatic N) is 2. The number of hydrogen-bond acceptors (Lipinski definition) is 4. The van der Waals surface area contributed by atoms with Crippen molar-refractivity contribution < 1.29 is 14.3 Å². The normalized spacial score (nSPS) is 25.6. The molecule has 126 valence electrons. The molecule has 0 aromatic carbocycles. The van der Waals surface area contributed by atoms with E-state index in [1.807, 2.05) is 20.9 Å². The van der Waals surface area contributed by atoms with E-state index in [1.54, 1.807) is 4.68 Å². The van der Waals surface area contributed by atoms with Crippen LogP contribution in [0.4, 0.5) is 5.69 Å². The number of fused-ring (bicyclic) bond motifs is 2. The minimum absolute atomic E-state index is 0.229. The van der Waals surface area contributed by atoms with Crippen LogP contribution in [0.2, 0.25) is 0 Å². The molecular weight excluding hydrogens is 294 g/mol. The second-order valence-electron chi connectivity index (χ2n) is 7.02. The number of rotatable bonds is 5. The van der Waals surface area contributed by atoms with Crippen LogP contribution < -0.4 is 5.32 Å². The van der Waals surface area contributed by atoms with Crippen LogP contribution in [-0.4, -0.2) is 28.3 Å². The third-order valence-corrected chi connectivity index (χ3v) is 5.45. The molecule has 2 aliphatic rings. The molecule has 3 atom stereocenters. The Balaban J connectivity index is 1.44. The standard InChI is InChI=1S/C17H25N3O3/c1-10-17(11(2)20(3)19-10)18-15(21)9-23-16(22)8-14-7-12-4-5-13(14)6-12/h12-14H,4-9H2,1-3H3,(H,18,21)/t12-,13+,14+/m0/s1. The SMILES string of the molecule is Cc1nn(C)c(C)c1NC(=O)COC(=O)C[C@H]1C[C@H]2CC[C@@H]1C2. The van der Waals surface area contributed by atoms with Crippen molar-refractivity contribution in [1.29, 1.82) is 0 Å². The van der Waals surface area contributed by atoms with E-state index < -0.39 is 0 Å². The van der Waals surface area contributed by atoms with Crippen molar-refractivity contribution >= 4 is 17.6 Å². The number of amides is 1. The molecular formula is C17H25N3O3. The molecule has 0 radical (unpaired) electrons. The molecule has 2 aliphatic carbocycles. The molecule has 2 saturated carbocycles. The molecule has 1 heterocycles. The summed E-state index contributed by atoms with van der Waals surface area (Å²) in [4.78, 5) is 23.9. The van der Waals surface area contributed by atoms with Gasteiger partial charge in [-0.15, -0.1) is 0 Å². The van der Waals surface area contributed by atoms with Crippen molar-refractivity contribution in [2.24, 2.45) is 24.8 Å². The number of aromatic nitrogens is 2. The Kier molecular flexibility index (Phi) is 4.41. The zero-order chi connectivity index (χ0) is 16.6. The van der Waals surface area contributed by atoms with Gasteiger partial charge in [0.25, 0.3) is 5.91 Å². The van der Waals surface area contributed by atoms with Crippen molar-refractivity contribution in [3.05, 3.63) is 11.4 Å². The number of carbonyl (C=O) groups is 2. The molecule has 1 amide bonds. The van der Waals surface area contributed by atoms with Crippen LogP contribution >= 0.6 is 0 Å². The highest BCUT2D eigenvalue weighted by Crippen LogP contribution is 2.49. The van der Waals surface area contributed by atoms with Crippen LogP contribution in [0.1, 0.15) is 43.5 Å². The van der Waals surface area contributed by atoms with Crippen molar-refractivity contribution in [1.82, 2.24) is 9.78 Å². The van der Waals surface area contributed by atoms with E-state index in [0.29, 0.717) is 23.9 Å². The largest absolute Gasteiger partial charge is 0.456 e. The summed E-state index contributed by atoms with van der Waals surface area (Å²) in [5.41, 5.74) is 2.33. The van der Waals surface area contributed by atoms with Crippen LogP contribution in [0.25, 0.3) is 0 Å². The van der Waals surface area contributed by atoms with Gasteiger partial charge >= 0.3 is 5.97 Å². The van der Waals surface area contributed by atoms with Gasteiger partial charge < -0.3 is 10.1 Å². The first-order valence-electron chi connectivity index (χ1n) is 8.39. The molecule has 2 fully saturated rings. The molecule has 1 aromatic heterocycles. The Morgan fingerprint density at radius 1 is 1.30 bits per heavy atom. The fourth-order valence-corrected chi connectivity index (χ4v) is 4.18. The van der Waals surface area contributed by atoms with Gasteiger partial charge in [-0.25, -0.2) is 0 Å².